The third-order valence-electron chi connectivity index (χ3n) is 0.115. The minimum absolute atomic E-state index is 1.68. The first kappa shape index (κ1) is 6.63. The monoisotopic (exact) mass is 155 g/mol. The van der Waals surface area contributed by atoms with E-state index in [0.717, 1.165) is 0 Å². The number of nitrogens with zero attached hydrogens (tertiary/aromatic N) is 1. The summed E-state index contributed by atoms with van der Waals surface area (Å²) in [6.07, 6.45) is -2.00. The molecule has 0 heterocycles. The Balaban J connectivity index is 4.41. The maximum Gasteiger partial charge on any atom is 0.151 e. The topological polar surface area (TPSA) is 23.8 Å². The molecule has 0 rings (SSSR count). The van der Waals surface area contributed by atoms with Crippen molar-refractivity contribution in [1.29, 1.82) is 5.26 Å². The fraction of sp³-hybridized carbons (Fsp3) is 0. The molecular weight excluding hydrogens is 154 g/mol. The Hall–Kier alpha value is 0.630. The van der Waals surface area contributed by atoms with Gasteiger partial charge in [-0.15, -0.1) is 0 Å². The first-order valence-corrected chi connectivity index (χ1v) is 5.48. The van der Waals surface area contributed by atoms with Gasteiger partial charge in [-0.2, -0.15) is 5.26 Å². The molecule has 0 radical (unpaired) electrons. The lowest BCUT2D eigenvalue weighted by Crippen LogP contribution is -1.69. The van der Waals surface area contributed by atoms with Gasteiger partial charge < -0.3 is 0 Å². The van der Waals surface area contributed by atoms with Crippen molar-refractivity contribution in [2.75, 3.05) is 0 Å². The summed E-state index contributed by atoms with van der Waals surface area (Å²) in [5.74, 6) is 0. The maximum atomic E-state index is 7.91. The molecule has 34 valence electrons. The van der Waals surface area contributed by atoms with E-state index in [0.29, 0.717) is 0 Å². The lowest BCUT2D eigenvalue weighted by Gasteiger charge is -1.74. The summed E-state index contributed by atoms with van der Waals surface area (Å²) in [4.78, 5) is 0. The third-order valence-corrected chi connectivity index (χ3v) is 1.04. The van der Waals surface area contributed by atoms with Crippen LogP contribution in [0.2, 0.25) is 0 Å². The summed E-state index contributed by atoms with van der Waals surface area (Å²) in [7, 11) is 0. The Morgan fingerprint density at radius 3 is 1.83 bits per heavy atom. The fourth-order valence-electron chi connectivity index (χ4n) is 0. The van der Waals surface area contributed by atoms with Gasteiger partial charge in [0.05, 0.1) is 0 Å². The van der Waals surface area contributed by atoms with Crippen molar-refractivity contribution < 1.29 is 0 Å². The first-order valence-electron chi connectivity index (χ1n) is 0.944. The molecular formula is CHNS4. The van der Waals surface area contributed by atoms with E-state index >= 15 is 0 Å². The second-order valence-corrected chi connectivity index (χ2v) is 8.46. The Kier molecular flexibility index (Phi) is 2.29. The van der Waals surface area contributed by atoms with Gasteiger partial charge in [-0.1, -0.05) is 11.7 Å². The molecule has 0 atom stereocenters. The van der Waals surface area contributed by atoms with E-state index in [2.05, 4.69) is 34.0 Å². The van der Waals surface area contributed by atoms with E-state index < -0.39 is 6.18 Å². The number of thiol groups is 1. The van der Waals surface area contributed by atoms with E-state index in [1.54, 1.807) is 5.40 Å². The smallest absolute Gasteiger partial charge is 0.151 e. The molecule has 0 aliphatic rings. The molecule has 0 fully saturated rings. The van der Waals surface area contributed by atoms with Gasteiger partial charge in [0.2, 0.25) is 0 Å². The van der Waals surface area contributed by atoms with Gasteiger partial charge in [-0.05, 0) is 22.4 Å². The quantitative estimate of drug-likeness (QED) is 0.311. The maximum absolute atomic E-state index is 7.91. The van der Waals surface area contributed by atoms with E-state index in [-0.39, 0.29) is 0 Å². The minimum Gasteiger partial charge on any atom is -0.184 e. The fourth-order valence-corrected chi connectivity index (χ4v) is 0. The van der Waals surface area contributed by atoms with Crippen LogP contribution in [0.3, 0.4) is 0 Å². The highest BCUT2D eigenvalue weighted by atomic mass is 33.5. The van der Waals surface area contributed by atoms with E-state index in [9.17, 15) is 0 Å². The average Bonchev–Trinajstić information content (AvgIpc) is 1.35. The summed E-state index contributed by atoms with van der Waals surface area (Å²) >= 11 is 12.4. The zero-order chi connectivity index (χ0) is 5.21. The van der Waals surface area contributed by atoms with Crippen LogP contribution in [0.15, 0.2) is 0 Å². The summed E-state index contributed by atoms with van der Waals surface area (Å²) < 4.78 is 0. The summed E-state index contributed by atoms with van der Waals surface area (Å²) in [5.41, 5.74) is 0. The van der Waals surface area contributed by atoms with E-state index in [1.165, 1.54) is 0 Å². The van der Waals surface area contributed by atoms with Gasteiger partial charge in [-0.25, -0.2) is 0 Å². The Bertz CT molecular complexity index is 156. The molecule has 1 nitrogen and oxygen atoms in total. The van der Waals surface area contributed by atoms with Crippen molar-refractivity contribution >= 4 is 40.2 Å². The molecule has 0 aromatic heterocycles. The lowest BCUT2D eigenvalue weighted by atomic mass is 11.8. The van der Waals surface area contributed by atoms with Crippen LogP contribution in [0.5, 0.6) is 0 Å². The molecule has 0 saturated carbocycles. The van der Waals surface area contributed by atoms with Crippen LogP contribution in [0.4, 0.5) is 0 Å². The zero-order valence-corrected chi connectivity index (χ0v) is 5.96. The summed E-state index contributed by atoms with van der Waals surface area (Å²) in [6.45, 7) is 0. The van der Waals surface area contributed by atoms with E-state index in [1.807, 2.05) is 0 Å². The predicted octanol–water partition coefficient (Wildman–Crippen LogP) is 0.390. The lowest BCUT2D eigenvalue weighted by molar-refractivity contribution is 1.57. The van der Waals surface area contributed by atoms with Gasteiger partial charge in [0.15, 0.2) is 5.40 Å². The van der Waals surface area contributed by atoms with Crippen molar-refractivity contribution in [2.24, 2.45) is 0 Å². The molecule has 6 heavy (non-hydrogen) atoms. The molecule has 0 aromatic carbocycles. The highest BCUT2D eigenvalue weighted by Gasteiger charge is 1.80. The largest absolute Gasteiger partial charge is 0.184 e. The minimum atomic E-state index is -2.00. The van der Waals surface area contributed by atoms with Crippen LogP contribution in [0.25, 0.3) is 0 Å². The average molecular weight is 155 g/mol. The van der Waals surface area contributed by atoms with Crippen LogP contribution in [0, 0.1) is 10.7 Å². The van der Waals surface area contributed by atoms with Crippen molar-refractivity contribution in [3.8, 4) is 5.40 Å². The van der Waals surface area contributed by atoms with Gasteiger partial charge in [0.1, 0.15) is 0 Å². The molecule has 0 unspecified atom stereocenters. The molecule has 0 bridgehead atoms. The number of hydrogen-bond acceptors (Lipinski definition) is 3. The summed E-state index contributed by atoms with van der Waals surface area (Å²) in [5, 5.41) is 9.59. The molecule has 0 amide bonds. The van der Waals surface area contributed by atoms with Crippen LogP contribution in [-0.2, 0) is 28.6 Å². The molecule has 0 aliphatic heterocycles. The Labute approximate surface area is 51.0 Å². The normalized spacial score (nSPS) is 10.0. The highest BCUT2D eigenvalue weighted by molar-refractivity contribution is 8.94. The van der Waals surface area contributed by atoms with Crippen molar-refractivity contribution in [1.82, 2.24) is 0 Å². The number of hydrogen-bond donors (Lipinski definition) is 1. The third kappa shape index (κ3) is 4.63. The van der Waals surface area contributed by atoms with Gasteiger partial charge in [0, 0.05) is 6.18 Å². The number of nitriles is 1. The number of thiocyanates is 1. The van der Waals surface area contributed by atoms with Crippen LogP contribution >= 0.6 is 11.7 Å². The second kappa shape index (κ2) is 2.07. The number of rotatable bonds is 0. The first-order chi connectivity index (χ1) is 2.56. The van der Waals surface area contributed by atoms with E-state index in [4.69, 9.17) is 5.26 Å². The van der Waals surface area contributed by atoms with Gasteiger partial charge in [-0.3, -0.25) is 0 Å². The second-order valence-electron chi connectivity index (χ2n) is 0.566. The molecule has 0 N–H and O–H groups in total. The molecule has 0 aliphatic carbocycles. The molecule has 5 heteroatoms. The van der Waals surface area contributed by atoms with Crippen LogP contribution in [0.1, 0.15) is 0 Å². The Morgan fingerprint density at radius 2 is 1.83 bits per heavy atom. The van der Waals surface area contributed by atoms with Crippen molar-refractivity contribution in [3.05, 3.63) is 0 Å². The van der Waals surface area contributed by atoms with Crippen LogP contribution in [-0.4, -0.2) is 0 Å². The SMILES string of the molecule is N#CS(=S)(=S)S. The molecule has 0 saturated heterocycles. The molecule has 0 spiro atoms. The Morgan fingerprint density at radius 1 is 1.67 bits per heavy atom. The highest BCUT2D eigenvalue weighted by Crippen LogP contribution is 1.90. The van der Waals surface area contributed by atoms with Crippen molar-refractivity contribution in [3.63, 3.8) is 0 Å². The zero-order valence-electron chi connectivity index (χ0n) is 2.62. The van der Waals surface area contributed by atoms with Gasteiger partial charge >= 0.3 is 0 Å². The van der Waals surface area contributed by atoms with Crippen LogP contribution < -0.4 is 0 Å². The molecule has 0 aromatic rings. The van der Waals surface area contributed by atoms with Crippen molar-refractivity contribution in [2.45, 2.75) is 0 Å². The van der Waals surface area contributed by atoms with Gasteiger partial charge in [0.25, 0.3) is 0 Å². The standard InChI is InChI=1S/CHNS4/c2-1-6(3,4)5/h(H,3,4,5). The summed E-state index contributed by atoms with van der Waals surface area (Å²) in [6, 6.07) is 0. The predicted molar refractivity (Wildman–Crippen MR) is 36.7 cm³/mol.